The van der Waals surface area contributed by atoms with Crippen LogP contribution in [0.2, 0.25) is 0 Å². The first kappa shape index (κ1) is 15.8. The minimum absolute atomic E-state index is 0. The molecule has 1 fully saturated rings. The maximum absolute atomic E-state index is 12.2. The van der Waals surface area contributed by atoms with Crippen molar-refractivity contribution < 1.29 is 9.53 Å². The van der Waals surface area contributed by atoms with E-state index in [-0.39, 0.29) is 24.2 Å². The summed E-state index contributed by atoms with van der Waals surface area (Å²) in [6, 6.07) is 7.28. The molecule has 1 saturated heterocycles. The number of ether oxygens (including phenoxy) is 1. The summed E-state index contributed by atoms with van der Waals surface area (Å²) in [5.74, 6) is 0.0894. The van der Waals surface area contributed by atoms with E-state index in [1.165, 1.54) is 0 Å². The Morgan fingerprint density at radius 1 is 1.33 bits per heavy atom. The van der Waals surface area contributed by atoms with Crippen molar-refractivity contribution in [1.29, 1.82) is 0 Å². The van der Waals surface area contributed by atoms with Crippen LogP contribution < -0.4 is 11.1 Å². The minimum Gasteiger partial charge on any atom is -0.381 e. The highest BCUT2D eigenvalue weighted by Crippen LogP contribution is 2.21. The highest BCUT2D eigenvalue weighted by molar-refractivity contribution is 5.96. The van der Waals surface area contributed by atoms with Crippen molar-refractivity contribution in [2.75, 3.05) is 18.5 Å². The highest BCUT2D eigenvalue weighted by atomic mass is 35.5. The van der Waals surface area contributed by atoms with E-state index in [4.69, 9.17) is 10.5 Å². The summed E-state index contributed by atoms with van der Waals surface area (Å²) in [7, 11) is 0. The normalized spacial score (nSPS) is 17.2. The lowest BCUT2D eigenvalue weighted by molar-refractivity contribution is -0.119. The molecule has 0 spiro atoms. The van der Waals surface area contributed by atoms with Gasteiger partial charge in [0.05, 0.1) is 6.04 Å². The van der Waals surface area contributed by atoms with Gasteiger partial charge in [-0.3, -0.25) is 4.79 Å². The zero-order valence-corrected chi connectivity index (χ0v) is 12.5. The Morgan fingerprint density at radius 3 is 2.86 bits per heavy atom. The Labute approximate surface area is 129 Å². The summed E-state index contributed by atoms with van der Waals surface area (Å²) in [6.07, 6.45) is 3.58. The van der Waals surface area contributed by atoms with Gasteiger partial charge >= 0.3 is 0 Å². The number of amides is 1. The molecule has 0 aliphatic carbocycles. The van der Waals surface area contributed by atoms with Crippen LogP contribution in [0.15, 0.2) is 30.5 Å². The second-order valence-electron chi connectivity index (χ2n) is 5.24. The number of hydrogen-bond acceptors (Lipinski definition) is 3. The molecule has 3 rings (SSSR count). The van der Waals surface area contributed by atoms with Gasteiger partial charge in [-0.2, -0.15) is 0 Å². The number of H-pyrrole nitrogens is 1. The Bertz CT molecular complexity index is 608. The second-order valence-corrected chi connectivity index (χ2v) is 5.24. The third-order valence-corrected chi connectivity index (χ3v) is 3.90. The number of aromatic amines is 1. The van der Waals surface area contributed by atoms with E-state index < -0.39 is 6.04 Å². The monoisotopic (exact) mass is 309 g/mol. The molecule has 1 aromatic heterocycles. The van der Waals surface area contributed by atoms with Gasteiger partial charge in [-0.05, 0) is 43.0 Å². The SMILES string of the molecule is Cl.NC(C(=O)Nc1ccc2[nH]ccc2c1)C1CCOCC1. The van der Waals surface area contributed by atoms with Crippen molar-refractivity contribution in [1.82, 2.24) is 4.98 Å². The number of nitrogens with two attached hydrogens (primary N) is 1. The summed E-state index contributed by atoms with van der Waals surface area (Å²) >= 11 is 0. The van der Waals surface area contributed by atoms with Crippen molar-refractivity contribution >= 4 is 34.9 Å². The van der Waals surface area contributed by atoms with E-state index in [1.54, 1.807) is 0 Å². The van der Waals surface area contributed by atoms with Crippen molar-refractivity contribution in [3.05, 3.63) is 30.5 Å². The molecule has 0 saturated carbocycles. The maximum Gasteiger partial charge on any atom is 0.241 e. The fourth-order valence-corrected chi connectivity index (χ4v) is 2.65. The van der Waals surface area contributed by atoms with Gasteiger partial charge in [-0.15, -0.1) is 12.4 Å². The van der Waals surface area contributed by atoms with Crippen LogP contribution in [0.5, 0.6) is 0 Å². The van der Waals surface area contributed by atoms with Crippen LogP contribution in [0, 0.1) is 5.92 Å². The van der Waals surface area contributed by atoms with Gasteiger partial charge in [0.2, 0.25) is 5.91 Å². The van der Waals surface area contributed by atoms with E-state index >= 15 is 0 Å². The molecule has 114 valence electrons. The molecule has 1 aromatic carbocycles. The molecule has 1 aliphatic heterocycles. The predicted octanol–water partition coefficient (Wildman–Crippen LogP) is 2.28. The number of hydrogen-bond donors (Lipinski definition) is 3. The highest BCUT2D eigenvalue weighted by Gasteiger charge is 2.26. The Balaban J connectivity index is 0.00000161. The molecule has 21 heavy (non-hydrogen) atoms. The second kappa shape index (κ2) is 6.93. The number of rotatable bonds is 3. The van der Waals surface area contributed by atoms with Crippen LogP contribution >= 0.6 is 12.4 Å². The lowest BCUT2D eigenvalue weighted by atomic mass is 9.92. The standard InChI is InChI=1S/C15H19N3O2.ClH/c16-14(10-4-7-20-8-5-10)15(19)18-12-1-2-13-11(9-12)3-6-17-13;/h1-3,6,9-10,14,17H,4-5,7-8,16H2,(H,18,19);1H. The van der Waals surface area contributed by atoms with Gasteiger partial charge < -0.3 is 20.8 Å². The van der Waals surface area contributed by atoms with E-state index in [0.29, 0.717) is 13.2 Å². The average molecular weight is 310 g/mol. The van der Waals surface area contributed by atoms with E-state index in [2.05, 4.69) is 10.3 Å². The van der Waals surface area contributed by atoms with Crippen LogP contribution in [-0.4, -0.2) is 30.1 Å². The molecule has 1 aliphatic rings. The number of carbonyl (C=O) groups excluding carboxylic acids is 1. The molecule has 2 heterocycles. The Kier molecular flexibility index (Phi) is 5.22. The molecule has 5 nitrogen and oxygen atoms in total. The van der Waals surface area contributed by atoms with Gasteiger partial charge in [0.1, 0.15) is 0 Å². The smallest absolute Gasteiger partial charge is 0.241 e. The van der Waals surface area contributed by atoms with E-state index in [0.717, 1.165) is 29.4 Å². The lowest BCUT2D eigenvalue weighted by Gasteiger charge is -2.26. The predicted molar refractivity (Wildman–Crippen MR) is 85.7 cm³/mol. The Hall–Kier alpha value is -1.56. The molecule has 1 atom stereocenters. The molecule has 6 heteroatoms. The van der Waals surface area contributed by atoms with Crippen molar-refractivity contribution in [2.45, 2.75) is 18.9 Å². The number of carbonyl (C=O) groups is 1. The summed E-state index contributed by atoms with van der Waals surface area (Å²) in [4.78, 5) is 15.3. The number of aromatic nitrogens is 1. The number of halogens is 1. The summed E-state index contributed by atoms with van der Waals surface area (Å²) in [5.41, 5.74) is 7.89. The van der Waals surface area contributed by atoms with Crippen molar-refractivity contribution in [3.63, 3.8) is 0 Å². The molecule has 4 N–H and O–H groups in total. The molecule has 2 aromatic rings. The number of fused-ring (bicyclic) bond motifs is 1. The van der Waals surface area contributed by atoms with E-state index in [9.17, 15) is 4.79 Å². The number of anilines is 1. The lowest BCUT2D eigenvalue weighted by Crippen LogP contribution is -2.43. The average Bonchev–Trinajstić information content (AvgIpc) is 2.95. The Morgan fingerprint density at radius 2 is 2.10 bits per heavy atom. The summed E-state index contributed by atoms with van der Waals surface area (Å²) < 4.78 is 5.30. The van der Waals surface area contributed by atoms with Gasteiger partial charge in [0.15, 0.2) is 0 Å². The zero-order chi connectivity index (χ0) is 13.9. The molecular formula is C15H20ClN3O2. The van der Waals surface area contributed by atoms with Crippen LogP contribution in [-0.2, 0) is 9.53 Å². The van der Waals surface area contributed by atoms with E-state index in [1.807, 2.05) is 30.5 Å². The third kappa shape index (κ3) is 3.56. The van der Waals surface area contributed by atoms with Gasteiger partial charge in [-0.1, -0.05) is 0 Å². The molecule has 1 amide bonds. The fourth-order valence-electron chi connectivity index (χ4n) is 2.65. The van der Waals surface area contributed by atoms with Crippen LogP contribution in [0.1, 0.15) is 12.8 Å². The quantitative estimate of drug-likeness (QED) is 0.813. The largest absolute Gasteiger partial charge is 0.381 e. The first-order valence-electron chi connectivity index (χ1n) is 6.95. The number of benzene rings is 1. The zero-order valence-electron chi connectivity index (χ0n) is 11.7. The molecular weight excluding hydrogens is 290 g/mol. The maximum atomic E-state index is 12.2. The first-order valence-corrected chi connectivity index (χ1v) is 6.95. The van der Waals surface area contributed by atoms with Gasteiger partial charge in [0, 0.05) is 36.0 Å². The fraction of sp³-hybridized carbons (Fsp3) is 0.400. The minimum atomic E-state index is -0.471. The number of nitrogens with one attached hydrogen (secondary N) is 2. The molecule has 0 radical (unpaired) electrons. The topological polar surface area (TPSA) is 80.1 Å². The van der Waals surface area contributed by atoms with Gasteiger partial charge in [-0.25, -0.2) is 0 Å². The third-order valence-electron chi connectivity index (χ3n) is 3.90. The molecule has 0 bridgehead atoms. The van der Waals surface area contributed by atoms with Crippen molar-refractivity contribution in [2.24, 2.45) is 11.7 Å². The first-order chi connectivity index (χ1) is 9.74. The summed E-state index contributed by atoms with van der Waals surface area (Å²) in [6.45, 7) is 1.39. The van der Waals surface area contributed by atoms with Crippen molar-refractivity contribution in [3.8, 4) is 0 Å². The summed E-state index contributed by atoms with van der Waals surface area (Å²) in [5, 5.41) is 3.97. The van der Waals surface area contributed by atoms with Crippen LogP contribution in [0.3, 0.4) is 0 Å². The van der Waals surface area contributed by atoms with Crippen LogP contribution in [0.25, 0.3) is 10.9 Å². The van der Waals surface area contributed by atoms with Crippen LogP contribution in [0.4, 0.5) is 5.69 Å². The molecule has 1 unspecified atom stereocenters. The van der Waals surface area contributed by atoms with Gasteiger partial charge in [0.25, 0.3) is 0 Å².